The molecule has 3 rings (SSSR count). The standard InChI is InChI=1S/C25H37N3O2/c1-3-21-11-12-23(26-16-21)18-27(2)17-22-9-8-10-25(15-22)30-20-24(29)19-28-13-6-4-5-7-14-28/h8-12,15-16,24,29H,3-7,13-14,17-20H2,1-2H3. The number of pyridine rings is 1. The van der Waals surface area contributed by atoms with E-state index in [0.29, 0.717) is 13.2 Å². The van der Waals surface area contributed by atoms with Crippen LogP contribution in [-0.2, 0) is 19.5 Å². The minimum Gasteiger partial charge on any atom is -0.491 e. The number of aromatic nitrogens is 1. The Morgan fingerprint density at radius 1 is 1.07 bits per heavy atom. The Morgan fingerprint density at radius 2 is 1.87 bits per heavy atom. The third-order valence-electron chi connectivity index (χ3n) is 5.69. The maximum Gasteiger partial charge on any atom is 0.119 e. The first-order valence-corrected chi connectivity index (χ1v) is 11.4. The average Bonchev–Trinajstić information content (AvgIpc) is 3.02. The molecule has 1 aromatic heterocycles. The number of rotatable bonds is 10. The molecule has 1 aliphatic heterocycles. The van der Waals surface area contributed by atoms with E-state index in [4.69, 9.17) is 4.74 Å². The van der Waals surface area contributed by atoms with Gasteiger partial charge in [-0.1, -0.05) is 38.0 Å². The smallest absolute Gasteiger partial charge is 0.119 e. The largest absolute Gasteiger partial charge is 0.491 e. The number of aliphatic hydroxyl groups excluding tert-OH is 1. The highest BCUT2D eigenvalue weighted by Gasteiger charge is 2.14. The van der Waals surface area contributed by atoms with Crippen LogP contribution in [0.2, 0.25) is 0 Å². The van der Waals surface area contributed by atoms with Crippen molar-refractivity contribution in [2.45, 2.75) is 58.2 Å². The highest BCUT2D eigenvalue weighted by Crippen LogP contribution is 2.16. The third-order valence-corrected chi connectivity index (χ3v) is 5.69. The lowest BCUT2D eigenvalue weighted by Gasteiger charge is -2.23. The predicted molar refractivity (Wildman–Crippen MR) is 122 cm³/mol. The van der Waals surface area contributed by atoms with Gasteiger partial charge in [0.05, 0.1) is 5.69 Å². The number of benzene rings is 1. The third kappa shape index (κ3) is 7.71. The van der Waals surface area contributed by atoms with E-state index < -0.39 is 6.10 Å². The first-order valence-electron chi connectivity index (χ1n) is 11.4. The molecule has 0 bridgehead atoms. The van der Waals surface area contributed by atoms with E-state index >= 15 is 0 Å². The van der Waals surface area contributed by atoms with Gasteiger partial charge in [-0.25, -0.2) is 0 Å². The summed E-state index contributed by atoms with van der Waals surface area (Å²) >= 11 is 0. The molecule has 2 aromatic rings. The zero-order valence-electron chi connectivity index (χ0n) is 18.6. The molecule has 0 amide bonds. The van der Waals surface area contributed by atoms with E-state index in [-0.39, 0.29) is 0 Å². The van der Waals surface area contributed by atoms with Crippen LogP contribution in [0.25, 0.3) is 0 Å². The average molecular weight is 412 g/mol. The lowest BCUT2D eigenvalue weighted by Crippen LogP contribution is -2.36. The van der Waals surface area contributed by atoms with Crippen LogP contribution in [0.3, 0.4) is 0 Å². The fourth-order valence-corrected chi connectivity index (χ4v) is 4.00. The number of ether oxygens (including phenoxy) is 1. The van der Waals surface area contributed by atoms with E-state index in [1.165, 1.54) is 36.8 Å². The molecule has 1 unspecified atom stereocenters. The monoisotopic (exact) mass is 411 g/mol. The van der Waals surface area contributed by atoms with Gasteiger partial charge in [0.2, 0.25) is 0 Å². The van der Waals surface area contributed by atoms with Gasteiger partial charge < -0.3 is 14.7 Å². The first-order chi connectivity index (χ1) is 14.6. The molecule has 5 nitrogen and oxygen atoms in total. The van der Waals surface area contributed by atoms with Crippen LogP contribution < -0.4 is 4.74 Å². The Hall–Kier alpha value is -1.95. The quantitative estimate of drug-likeness (QED) is 0.643. The van der Waals surface area contributed by atoms with Gasteiger partial charge in [0.25, 0.3) is 0 Å². The van der Waals surface area contributed by atoms with E-state index in [2.05, 4.69) is 53.0 Å². The molecule has 1 fully saturated rings. The molecule has 1 saturated heterocycles. The van der Waals surface area contributed by atoms with Crippen molar-refractivity contribution >= 4 is 0 Å². The van der Waals surface area contributed by atoms with E-state index in [1.54, 1.807) is 0 Å². The number of hydrogen-bond acceptors (Lipinski definition) is 5. The fraction of sp³-hybridized carbons (Fsp3) is 0.560. The Kier molecular flexibility index (Phi) is 9.12. The van der Waals surface area contributed by atoms with Crippen molar-refractivity contribution in [1.29, 1.82) is 0 Å². The van der Waals surface area contributed by atoms with Crippen molar-refractivity contribution in [2.24, 2.45) is 0 Å². The number of aliphatic hydroxyl groups is 1. The van der Waals surface area contributed by atoms with E-state index in [1.807, 2.05) is 18.3 Å². The Labute approximate surface area is 181 Å². The van der Waals surface area contributed by atoms with Crippen molar-refractivity contribution in [3.05, 3.63) is 59.4 Å². The number of nitrogens with zero attached hydrogens (tertiary/aromatic N) is 3. The maximum absolute atomic E-state index is 10.4. The van der Waals surface area contributed by atoms with Crippen molar-refractivity contribution < 1.29 is 9.84 Å². The zero-order valence-corrected chi connectivity index (χ0v) is 18.6. The van der Waals surface area contributed by atoms with Crippen molar-refractivity contribution in [2.75, 3.05) is 33.3 Å². The summed E-state index contributed by atoms with van der Waals surface area (Å²) in [6, 6.07) is 12.4. The molecule has 2 heterocycles. The van der Waals surface area contributed by atoms with Gasteiger partial charge in [-0.15, -0.1) is 0 Å². The number of aryl methyl sites for hydroxylation is 1. The van der Waals surface area contributed by atoms with Gasteiger partial charge >= 0.3 is 0 Å². The van der Waals surface area contributed by atoms with Gasteiger partial charge in [-0.05, 0) is 68.7 Å². The minimum absolute atomic E-state index is 0.337. The molecule has 1 aliphatic rings. The Bertz CT molecular complexity index is 742. The molecule has 5 heteroatoms. The molecule has 0 spiro atoms. The number of hydrogen-bond donors (Lipinski definition) is 1. The second-order valence-electron chi connectivity index (χ2n) is 8.51. The molecule has 30 heavy (non-hydrogen) atoms. The molecule has 1 atom stereocenters. The highest BCUT2D eigenvalue weighted by molar-refractivity contribution is 5.28. The van der Waals surface area contributed by atoms with Gasteiger partial charge in [-0.2, -0.15) is 0 Å². The topological polar surface area (TPSA) is 48.8 Å². The first kappa shape index (κ1) is 22.7. The number of likely N-dealkylation sites (tertiary alicyclic amines) is 1. The molecule has 0 aliphatic carbocycles. The Morgan fingerprint density at radius 3 is 2.57 bits per heavy atom. The molecule has 164 valence electrons. The van der Waals surface area contributed by atoms with Gasteiger partial charge in [-0.3, -0.25) is 9.88 Å². The minimum atomic E-state index is -0.452. The summed E-state index contributed by atoms with van der Waals surface area (Å²) in [6.45, 7) is 7.00. The van der Waals surface area contributed by atoms with Crippen LogP contribution in [0.1, 0.15) is 49.4 Å². The lowest BCUT2D eigenvalue weighted by atomic mass is 10.2. The Balaban J connectivity index is 1.45. The van der Waals surface area contributed by atoms with E-state index in [9.17, 15) is 5.11 Å². The molecular weight excluding hydrogens is 374 g/mol. The fourth-order valence-electron chi connectivity index (χ4n) is 4.00. The van der Waals surface area contributed by atoms with Crippen LogP contribution in [0.4, 0.5) is 0 Å². The molecule has 0 radical (unpaired) electrons. The van der Waals surface area contributed by atoms with E-state index in [0.717, 1.165) is 44.0 Å². The maximum atomic E-state index is 10.4. The normalized spacial score (nSPS) is 16.4. The molecule has 0 saturated carbocycles. The second-order valence-corrected chi connectivity index (χ2v) is 8.51. The zero-order chi connectivity index (χ0) is 21.2. The number of β-amino-alcohol motifs (C(OH)–C–C–N with tert-alkyl or cyclic N) is 1. The van der Waals surface area contributed by atoms with Crippen molar-refractivity contribution in [3.8, 4) is 5.75 Å². The summed E-state index contributed by atoms with van der Waals surface area (Å²) in [5.74, 6) is 0.821. The lowest BCUT2D eigenvalue weighted by molar-refractivity contribution is 0.0693. The van der Waals surface area contributed by atoms with Gasteiger partial charge in [0, 0.05) is 25.8 Å². The van der Waals surface area contributed by atoms with Crippen molar-refractivity contribution in [1.82, 2.24) is 14.8 Å². The van der Waals surface area contributed by atoms with Gasteiger partial charge in [0.1, 0.15) is 18.5 Å². The predicted octanol–water partition coefficient (Wildman–Crippen LogP) is 3.89. The SMILES string of the molecule is CCc1ccc(CN(C)Cc2cccc(OCC(O)CN3CCCCCC3)c2)nc1. The van der Waals surface area contributed by atoms with Gasteiger partial charge in [0.15, 0.2) is 0 Å². The summed E-state index contributed by atoms with van der Waals surface area (Å²) < 4.78 is 5.90. The summed E-state index contributed by atoms with van der Waals surface area (Å²) in [5.41, 5.74) is 3.55. The summed E-state index contributed by atoms with van der Waals surface area (Å²) in [4.78, 5) is 9.17. The van der Waals surface area contributed by atoms with Crippen LogP contribution >= 0.6 is 0 Å². The molecule has 1 N–H and O–H groups in total. The summed E-state index contributed by atoms with van der Waals surface area (Å²) in [5, 5.41) is 10.4. The van der Waals surface area contributed by atoms with Crippen molar-refractivity contribution in [3.63, 3.8) is 0 Å². The van der Waals surface area contributed by atoms with Crippen LogP contribution in [0, 0.1) is 0 Å². The summed E-state index contributed by atoms with van der Waals surface area (Å²) in [7, 11) is 2.11. The molecule has 1 aromatic carbocycles. The highest BCUT2D eigenvalue weighted by atomic mass is 16.5. The van der Waals surface area contributed by atoms with Crippen LogP contribution in [0.5, 0.6) is 5.75 Å². The van der Waals surface area contributed by atoms with Crippen LogP contribution in [0.15, 0.2) is 42.6 Å². The van der Waals surface area contributed by atoms with Crippen LogP contribution in [-0.4, -0.2) is 59.3 Å². The summed E-state index contributed by atoms with van der Waals surface area (Å²) in [6.07, 6.45) is 7.63. The second kappa shape index (κ2) is 12.0. The molecular formula is C25H37N3O2.